The zero-order chi connectivity index (χ0) is 18.2. The van der Waals surface area contributed by atoms with Crippen molar-refractivity contribution in [2.45, 2.75) is 19.6 Å². The van der Waals surface area contributed by atoms with Crippen LogP contribution < -0.4 is 15.4 Å². The maximum atomic E-state index is 12.0. The summed E-state index contributed by atoms with van der Waals surface area (Å²) >= 11 is 0. The SMILES string of the molecule is CCn1cc(NC(=O)Nc2ccc(OC[C@@H](O)CN(C)C)cc2)cn1. The number of nitrogens with one attached hydrogen (secondary N) is 2. The number of likely N-dealkylation sites (N-methyl/N-ethyl adjacent to an activating group) is 1. The third-order valence-corrected chi connectivity index (χ3v) is 3.35. The van der Waals surface area contributed by atoms with Crippen LogP contribution in [0.2, 0.25) is 0 Å². The van der Waals surface area contributed by atoms with Gasteiger partial charge in [-0.15, -0.1) is 0 Å². The lowest BCUT2D eigenvalue weighted by Crippen LogP contribution is -2.30. The van der Waals surface area contributed by atoms with Gasteiger partial charge in [0.25, 0.3) is 0 Å². The molecular formula is C17H25N5O3. The number of benzene rings is 1. The number of amides is 2. The number of hydrogen-bond acceptors (Lipinski definition) is 5. The van der Waals surface area contributed by atoms with E-state index in [0.29, 0.717) is 23.7 Å². The molecule has 136 valence electrons. The molecule has 1 heterocycles. The minimum Gasteiger partial charge on any atom is -0.491 e. The average molecular weight is 347 g/mol. The Labute approximate surface area is 147 Å². The summed E-state index contributed by atoms with van der Waals surface area (Å²) in [6, 6.07) is 6.62. The number of hydrogen-bond donors (Lipinski definition) is 3. The molecule has 1 atom stereocenters. The molecule has 0 bridgehead atoms. The largest absolute Gasteiger partial charge is 0.491 e. The number of aryl methyl sites for hydroxylation is 1. The van der Waals surface area contributed by atoms with Crippen molar-refractivity contribution in [3.63, 3.8) is 0 Å². The van der Waals surface area contributed by atoms with Crippen molar-refractivity contribution in [2.75, 3.05) is 37.9 Å². The number of urea groups is 1. The summed E-state index contributed by atoms with van der Waals surface area (Å²) in [6.07, 6.45) is 2.80. The van der Waals surface area contributed by atoms with Crippen molar-refractivity contribution < 1.29 is 14.6 Å². The van der Waals surface area contributed by atoms with Crippen molar-refractivity contribution in [1.82, 2.24) is 14.7 Å². The molecule has 8 heteroatoms. The fourth-order valence-corrected chi connectivity index (χ4v) is 2.20. The highest BCUT2D eigenvalue weighted by Gasteiger charge is 2.07. The smallest absolute Gasteiger partial charge is 0.323 e. The fourth-order valence-electron chi connectivity index (χ4n) is 2.20. The van der Waals surface area contributed by atoms with Crippen LogP contribution >= 0.6 is 0 Å². The lowest BCUT2D eigenvalue weighted by molar-refractivity contribution is 0.0831. The standard InChI is InChI=1S/C17H25N5O3/c1-4-22-10-14(9-18-22)20-17(24)19-13-5-7-16(8-6-13)25-12-15(23)11-21(2)3/h5-10,15,23H,4,11-12H2,1-3H3,(H2,19,20,24)/t15-/m0/s1. The Morgan fingerprint density at radius 3 is 2.56 bits per heavy atom. The number of rotatable bonds is 8. The highest BCUT2D eigenvalue weighted by Crippen LogP contribution is 2.16. The Morgan fingerprint density at radius 1 is 1.28 bits per heavy atom. The second-order valence-electron chi connectivity index (χ2n) is 5.92. The van der Waals surface area contributed by atoms with E-state index in [-0.39, 0.29) is 12.6 Å². The Hall–Kier alpha value is -2.58. The van der Waals surface area contributed by atoms with E-state index < -0.39 is 6.10 Å². The van der Waals surface area contributed by atoms with Crippen LogP contribution in [-0.4, -0.2) is 59.2 Å². The first-order chi connectivity index (χ1) is 12.0. The van der Waals surface area contributed by atoms with Crippen LogP contribution in [0.15, 0.2) is 36.7 Å². The van der Waals surface area contributed by atoms with E-state index in [4.69, 9.17) is 4.74 Å². The number of carbonyl (C=O) groups is 1. The second kappa shape index (κ2) is 9.05. The van der Waals surface area contributed by atoms with Gasteiger partial charge in [-0.1, -0.05) is 0 Å². The van der Waals surface area contributed by atoms with Crippen LogP contribution in [-0.2, 0) is 6.54 Å². The number of aliphatic hydroxyl groups is 1. The molecule has 0 fully saturated rings. The van der Waals surface area contributed by atoms with Gasteiger partial charge in [-0.25, -0.2) is 4.79 Å². The topological polar surface area (TPSA) is 91.7 Å². The van der Waals surface area contributed by atoms with Crippen LogP contribution in [0.4, 0.5) is 16.2 Å². The van der Waals surface area contributed by atoms with Gasteiger partial charge in [0.1, 0.15) is 18.5 Å². The van der Waals surface area contributed by atoms with E-state index in [9.17, 15) is 9.90 Å². The minimum absolute atomic E-state index is 0.215. The highest BCUT2D eigenvalue weighted by atomic mass is 16.5. The first-order valence-electron chi connectivity index (χ1n) is 8.12. The van der Waals surface area contributed by atoms with Crippen LogP contribution in [0.25, 0.3) is 0 Å². The third-order valence-electron chi connectivity index (χ3n) is 3.35. The van der Waals surface area contributed by atoms with Crippen molar-refractivity contribution in [1.29, 1.82) is 0 Å². The molecule has 3 N–H and O–H groups in total. The molecule has 2 amide bonds. The zero-order valence-corrected chi connectivity index (χ0v) is 14.8. The van der Waals surface area contributed by atoms with E-state index in [1.807, 2.05) is 25.9 Å². The van der Waals surface area contributed by atoms with Crippen molar-refractivity contribution >= 4 is 17.4 Å². The molecule has 2 rings (SSSR count). The zero-order valence-electron chi connectivity index (χ0n) is 14.8. The molecule has 1 aromatic heterocycles. The normalized spacial score (nSPS) is 12.0. The summed E-state index contributed by atoms with van der Waals surface area (Å²) in [7, 11) is 3.78. The first-order valence-corrected chi connectivity index (χ1v) is 8.12. The summed E-state index contributed by atoms with van der Waals surface area (Å²) in [5.41, 5.74) is 1.27. The van der Waals surface area contributed by atoms with E-state index in [2.05, 4.69) is 15.7 Å². The molecule has 0 saturated heterocycles. The molecule has 0 aliphatic rings. The van der Waals surface area contributed by atoms with Gasteiger partial charge in [-0.2, -0.15) is 5.10 Å². The molecule has 0 unspecified atom stereocenters. The number of ether oxygens (including phenoxy) is 1. The van der Waals surface area contributed by atoms with Gasteiger partial charge in [-0.05, 0) is 45.3 Å². The Kier molecular flexibility index (Phi) is 6.79. The highest BCUT2D eigenvalue weighted by molar-refractivity contribution is 5.99. The van der Waals surface area contributed by atoms with Crippen LogP contribution in [0.3, 0.4) is 0 Å². The summed E-state index contributed by atoms with van der Waals surface area (Å²) in [6.45, 7) is 3.47. The van der Waals surface area contributed by atoms with Gasteiger partial charge >= 0.3 is 6.03 Å². The molecule has 1 aromatic carbocycles. The summed E-state index contributed by atoms with van der Waals surface area (Å²) in [4.78, 5) is 13.8. The van der Waals surface area contributed by atoms with Crippen LogP contribution in [0.5, 0.6) is 5.75 Å². The lowest BCUT2D eigenvalue weighted by Gasteiger charge is -2.16. The third kappa shape index (κ3) is 6.44. The molecule has 25 heavy (non-hydrogen) atoms. The van der Waals surface area contributed by atoms with Crippen molar-refractivity contribution in [3.05, 3.63) is 36.7 Å². The van der Waals surface area contributed by atoms with Gasteiger partial charge < -0.3 is 25.4 Å². The molecule has 0 aliphatic heterocycles. The molecule has 0 saturated carbocycles. The molecule has 0 spiro atoms. The summed E-state index contributed by atoms with van der Waals surface area (Å²) in [5, 5.41) is 19.3. The van der Waals surface area contributed by atoms with Gasteiger partial charge in [0.2, 0.25) is 0 Å². The van der Waals surface area contributed by atoms with Gasteiger partial charge in [0.05, 0.1) is 11.9 Å². The molecule has 2 aromatic rings. The van der Waals surface area contributed by atoms with E-state index in [1.165, 1.54) is 0 Å². The van der Waals surface area contributed by atoms with Gasteiger partial charge in [-0.3, -0.25) is 4.68 Å². The van der Waals surface area contributed by atoms with Crippen molar-refractivity contribution in [2.24, 2.45) is 0 Å². The minimum atomic E-state index is -0.553. The Balaban J connectivity index is 1.80. The number of carbonyl (C=O) groups excluding carboxylic acids is 1. The van der Waals surface area contributed by atoms with E-state index in [0.717, 1.165) is 6.54 Å². The average Bonchev–Trinajstić information content (AvgIpc) is 3.01. The van der Waals surface area contributed by atoms with Crippen molar-refractivity contribution in [3.8, 4) is 5.75 Å². The van der Waals surface area contributed by atoms with Gasteiger partial charge in [0.15, 0.2) is 0 Å². The Morgan fingerprint density at radius 2 is 1.96 bits per heavy atom. The lowest BCUT2D eigenvalue weighted by atomic mass is 10.3. The van der Waals surface area contributed by atoms with Crippen LogP contribution in [0.1, 0.15) is 6.92 Å². The summed E-state index contributed by atoms with van der Waals surface area (Å²) < 4.78 is 7.25. The molecular weight excluding hydrogens is 322 g/mol. The monoisotopic (exact) mass is 347 g/mol. The quantitative estimate of drug-likeness (QED) is 0.678. The molecule has 8 nitrogen and oxygen atoms in total. The summed E-state index contributed by atoms with van der Waals surface area (Å²) in [5.74, 6) is 0.632. The van der Waals surface area contributed by atoms with Crippen LogP contribution in [0, 0.1) is 0 Å². The first kappa shape index (κ1) is 18.8. The predicted octanol–water partition coefficient (Wildman–Crippen LogP) is 1.85. The van der Waals surface area contributed by atoms with E-state index in [1.54, 1.807) is 41.3 Å². The van der Waals surface area contributed by atoms with E-state index >= 15 is 0 Å². The van der Waals surface area contributed by atoms with Gasteiger partial charge in [0, 0.05) is 25.0 Å². The fraction of sp³-hybridized carbons (Fsp3) is 0.412. The second-order valence-corrected chi connectivity index (χ2v) is 5.92. The maximum absolute atomic E-state index is 12.0. The Bertz CT molecular complexity index is 669. The number of aromatic nitrogens is 2. The number of aliphatic hydroxyl groups excluding tert-OH is 1. The molecule has 0 aliphatic carbocycles. The predicted molar refractivity (Wildman–Crippen MR) is 97.0 cm³/mol. The number of anilines is 2. The maximum Gasteiger partial charge on any atom is 0.323 e. The molecule has 0 radical (unpaired) electrons. The number of nitrogens with zero attached hydrogens (tertiary/aromatic N) is 3.